The Hall–Kier alpha value is -1.64. The van der Waals surface area contributed by atoms with Gasteiger partial charge in [0.05, 0.1) is 18.8 Å². The van der Waals surface area contributed by atoms with Crippen LogP contribution in [0.25, 0.3) is 0 Å². The highest BCUT2D eigenvalue weighted by molar-refractivity contribution is 7.91. The first-order valence-corrected chi connectivity index (χ1v) is 9.20. The Morgan fingerprint density at radius 3 is 2.86 bits per heavy atom. The molecule has 1 aliphatic rings. The van der Waals surface area contributed by atoms with Gasteiger partial charge in [-0.05, 0) is 19.4 Å². The Labute approximate surface area is 133 Å². The summed E-state index contributed by atoms with van der Waals surface area (Å²) >= 11 is 1.04. The zero-order valence-corrected chi connectivity index (χ0v) is 13.9. The zero-order valence-electron chi connectivity index (χ0n) is 12.3. The second-order valence-electron chi connectivity index (χ2n) is 5.36. The molecule has 0 radical (unpaired) electrons. The van der Waals surface area contributed by atoms with Crippen molar-refractivity contribution in [3.63, 3.8) is 0 Å². The molecule has 0 amide bonds. The van der Waals surface area contributed by atoms with Crippen LogP contribution in [-0.2, 0) is 10.0 Å². The molecule has 0 spiro atoms. The van der Waals surface area contributed by atoms with E-state index in [1.807, 2.05) is 13.8 Å². The SMILES string of the molecule is Cc1cc(C)c2c(c1)[C@H](Nc1ncc(S(N)(=O)=O)s1)CCO2. The first-order valence-electron chi connectivity index (χ1n) is 6.83. The normalized spacial score (nSPS) is 17.7. The second-order valence-corrected chi connectivity index (χ2v) is 8.18. The van der Waals surface area contributed by atoms with Crippen molar-refractivity contribution in [1.29, 1.82) is 0 Å². The molecular formula is C14H17N3O3S2. The predicted octanol–water partition coefficient (Wildman–Crippen LogP) is 2.34. The van der Waals surface area contributed by atoms with E-state index in [9.17, 15) is 8.42 Å². The van der Waals surface area contributed by atoms with Crippen molar-refractivity contribution in [3.8, 4) is 5.75 Å². The molecule has 118 valence electrons. The van der Waals surface area contributed by atoms with E-state index >= 15 is 0 Å². The third-order valence-electron chi connectivity index (χ3n) is 3.54. The fraction of sp³-hybridized carbons (Fsp3) is 0.357. The van der Waals surface area contributed by atoms with Gasteiger partial charge in [0.1, 0.15) is 5.75 Å². The van der Waals surface area contributed by atoms with Gasteiger partial charge in [0.25, 0.3) is 0 Å². The number of anilines is 1. The molecule has 1 aromatic heterocycles. The highest BCUT2D eigenvalue weighted by Crippen LogP contribution is 2.38. The maximum Gasteiger partial charge on any atom is 0.249 e. The summed E-state index contributed by atoms with van der Waals surface area (Å²) in [6.07, 6.45) is 2.07. The number of benzene rings is 1. The van der Waals surface area contributed by atoms with Crippen LogP contribution in [0.15, 0.2) is 22.5 Å². The monoisotopic (exact) mass is 339 g/mol. The molecule has 0 bridgehead atoms. The Balaban J connectivity index is 1.91. The van der Waals surface area contributed by atoms with E-state index in [-0.39, 0.29) is 10.3 Å². The quantitative estimate of drug-likeness (QED) is 0.895. The number of fused-ring (bicyclic) bond motifs is 1. The lowest BCUT2D eigenvalue weighted by Gasteiger charge is -2.28. The second kappa shape index (κ2) is 5.53. The van der Waals surface area contributed by atoms with E-state index in [4.69, 9.17) is 9.88 Å². The Morgan fingerprint density at radius 2 is 2.18 bits per heavy atom. The van der Waals surface area contributed by atoms with Gasteiger partial charge in [0.15, 0.2) is 9.34 Å². The molecule has 3 N–H and O–H groups in total. The Kier molecular flexibility index (Phi) is 3.84. The summed E-state index contributed by atoms with van der Waals surface area (Å²) in [6, 6.07) is 4.22. The Bertz CT molecular complexity index is 815. The molecule has 0 saturated carbocycles. The number of thiazole rings is 1. The van der Waals surface area contributed by atoms with Crippen molar-refractivity contribution in [2.75, 3.05) is 11.9 Å². The van der Waals surface area contributed by atoms with Crippen LogP contribution in [0.3, 0.4) is 0 Å². The number of nitrogens with zero attached hydrogens (tertiary/aromatic N) is 1. The van der Waals surface area contributed by atoms with Gasteiger partial charge in [-0.15, -0.1) is 0 Å². The van der Waals surface area contributed by atoms with Crippen molar-refractivity contribution < 1.29 is 13.2 Å². The van der Waals surface area contributed by atoms with Gasteiger partial charge >= 0.3 is 0 Å². The van der Waals surface area contributed by atoms with E-state index in [0.717, 1.165) is 40.2 Å². The van der Waals surface area contributed by atoms with Gasteiger partial charge in [0.2, 0.25) is 10.0 Å². The van der Waals surface area contributed by atoms with E-state index in [1.165, 1.54) is 6.20 Å². The molecule has 2 heterocycles. The third-order valence-corrected chi connectivity index (χ3v) is 5.88. The van der Waals surface area contributed by atoms with Gasteiger partial charge in [-0.1, -0.05) is 29.0 Å². The largest absolute Gasteiger partial charge is 0.493 e. The van der Waals surface area contributed by atoms with Crippen molar-refractivity contribution in [1.82, 2.24) is 4.98 Å². The van der Waals surface area contributed by atoms with Crippen LogP contribution in [0, 0.1) is 13.8 Å². The molecule has 1 aliphatic heterocycles. The smallest absolute Gasteiger partial charge is 0.249 e. The first-order chi connectivity index (χ1) is 10.3. The van der Waals surface area contributed by atoms with Gasteiger partial charge in [-0.3, -0.25) is 0 Å². The van der Waals surface area contributed by atoms with Gasteiger partial charge < -0.3 is 10.1 Å². The number of hydrogen-bond donors (Lipinski definition) is 2. The number of hydrogen-bond acceptors (Lipinski definition) is 6. The zero-order chi connectivity index (χ0) is 15.9. The fourth-order valence-corrected chi connectivity index (χ4v) is 4.14. The molecule has 1 aromatic carbocycles. The maximum atomic E-state index is 11.3. The van der Waals surface area contributed by atoms with Crippen molar-refractivity contribution in [3.05, 3.63) is 35.0 Å². The molecule has 1 atom stereocenters. The molecule has 0 fully saturated rings. The number of aryl methyl sites for hydroxylation is 2. The van der Waals surface area contributed by atoms with Crippen molar-refractivity contribution >= 4 is 26.5 Å². The van der Waals surface area contributed by atoms with Crippen LogP contribution in [0.1, 0.15) is 29.2 Å². The maximum absolute atomic E-state index is 11.3. The van der Waals surface area contributed by atoms with Crippen LogP contribution in [0.4, 0.5) is 5.13 Å². The minimum Gasteiger partial charge on any atom is -0.493 e. The number of nitrogens with two attached hydrogens (primary N) is 1. The van der Waals surface area contributed by atoms with Crippen LogP contribution >= 0.6 is 11.3 Å². The van der Waals surface area contributed by atoms with E-state index in [2.05, 4.69) is 22.4 Å². The minimum atomic E-state index is -3.71. The van der Waals surface area contributed by atoms with Crippen LogP contribution in [0.5, 0.6) is 5.75 Å². The van der Waals surface area contributed by atoms with Gasteiger partial charge in [-0.2, -0.15) is 0 Å². The summed E-state index contributed by atoms with van der Waals surface area (Å²) < 4.78 is 28.5. The average molecular weight is 339 g/mol. The molecule has 6 nitrogen and oxygen atoms in total. The van der Waals surface area contributed by atoms with Crippen LogP contribution in [0.2, 0.25) is 0 Å². The Morgan fingerprint density at radius 1 is 1.41 bits per heavy atom. The lowest BCUT2D eigenvalue weighted by atomic mass is 9.96. The summed E-state index contributed by atoms with van der Waals surface area (Å²) in [5, 5.41) is 8.95. The van der Waals surface area contributed by atoms with Crippen molar-refractivity contribution in [2.24, 2.45) is 5.14 Å². The van der Waals surface area contributed by atoms with Gasteiger partial charge in [-0.25, -0.2) is 18.5 Å². The van der Waals surface area contributed by atoms with E-state index in [1.54, 1.807) is 0 Å². The lowest BCUT2D eigenvalue weighted by Crippen LogP contribution is -2.21. The predicted molar refractivity (Wildman–Crippen MR) is 85.9 cm³/mol. The highest BCUT2D eigenvalue weighted by Gasteiger charge is 2.24. The molecule has 0 aliphatic carbocycles. The third kappa shape index (κ3) is 2.94. The number of primary sulfonamides is 1. The van der Waals surface area contributed by atoms with Crippen LogP contribution < -0.4 is 15.2 Å². The first kappa shape index (κ1) is 15.3. The number of sulfonamides is 1. The lowest BCUT2D eigenvalue weighted by molar-refractivity contribution is 0.272. The highest BCUT2D eigenvalue weighted by atomic mass is 32.2. The van der Waals surface area contributed by atoms with E-state index in [0.29, 0.717) is 11.7 Å². The number of rotatable bonds is 3. The molecule has 22 heavy (non-hydrogen) atoms. The molecular weight excluding hydrogens is 322 g/mol. The molecule has 3 rings (SSSR count). The van der Waals surface area contributed by atoms with Crippen LogP contribution in [-0.4, -0.2) is 20.0 Å². The number of ether oxygens (including phenoxy) is 1. The standard InChI is InChI=1S/C14H17N3O3S2/c1-8-5-9(2)13-10(6-8)11(3-4-20-13)17-14-16-7-12(21-14)22(15,18)19/h5-7,11H,3-4H2,1-2H3,(H,16,17)(H2,15,18,19)/t11-/m1/s1. The molecule has 2 aromatic rings. The molecule has 0 unspecified atom stereocenters. The fourth-order valence-electron chi connectivity index (χ4n) is 2.63. The summed E-state index contributed by atoms with van der Waals surface area (Å²) in [5.74, 6) is 0.901. The summed E-state index contributed by atoms with van der Waals surface area (Å²) in [4.78, 5) is 4.10. The molecule has 0 saturated heterocycles. The number of aromatic nitrogens is 1. The average Bonchev–Trinajstić information content (AvgIpc) is 2.88. The summed E-state index contributed by atoms with van der Waals surface area (Å²) in [6.45, 7) is 4.68. The minimum absolute atomic E-state index is 0.0434. The number of nitrogens with one attached hydrogen (secondary N) is 1. The topological polar surface area (TPSA) is 94.3 Å². The van der Waals surface area contributed by atoms with Gasteiger partial charge in [0, 0.05) is 12.0 Å². The van der Waals surface area contributed by atoms with Crippen molar-refractivity contribution in [2.45, 2.75) is 30.5 Å². The summed E-state index contributed by atoms with van der Waals surface area (Å²) in [7, 11) is -3.71. The summed E-state index contributed by atoms with van der Waals surface area (Å²) in [5.41, 5.74) is 3.35. The van der Waals surface area contributed by atoms with E-state index < -0.39 is 10.0 Å². The molecule has 8 heteroatoms.